The molecule has 1 aliphatic heterocycles. The van der Waals surface area contributed by atoms with Gasteiger partial charge in [0.15, 0.2) is 0 Å². The van der Waals surface area contributed by atoms with Gasteiger partial charge in [0.25, 0.3) is 5.91 Å². The normalized spacial score (nSPS) is 24.9. The van der Waals surface area contributed by atoms with E-state index < -0.39 is 0 Å². The van der Waals surface area contributed by atoms with Crippen LogP contribution in [-0.4, -0.2) is 93.7 Å². The summed E-state index contributed by atoms with van der Waals surface area (Å²) < 4.78 is 29.1. The first-order valence-electron chi connectivity index (χ1n) is 18.1. The number of primary amides is 1. The van der Waals surface area contributed by atoms with Gasteiger partial charge in [-0.15, -0.1) is 0 Å². The Morgan fingerprint density at radius 1 is 0.902 bits per heavy atom. The number of carbonyl (C=O) groups is 2. The molecule has 3 atom stereocenters. The molecular formula is C39H53ClN4O7. The Hall–Kier alpha value is -3.40. The number of hydrogen-bond donors (Lipinski definition) is 2. The van der Waals surface area contributed by atoms with E-state index in [0.29, 0.717) is 85.9 Å². The van der Waals surface area contributed by atoms with E-state index in [1.807, 2.05) is 0 Å². The van der Waals surface area contributed by atoms with Gasteiger partial charge in [-0.2, -0.15) is 5.26 Å². The number of rotatable bonds is 18. The van der Waals surface area contributed by atoms with Crippen molar-refractivity contribution < 1.29 is 33.3 Å². The van der Waals surface area contributed by atoms with Crippen molar-refractivity contribution in [3.63, 3.8) is 0 Å². The number of ether oxygens (including phenoxy) is 5. The average Bonchev–Trinajstić information content (AvgIpc) is 3.49. The van der Waals surface area contributed by atoms with Crippen LogP contribution in [0.5, 0.6) is 11.5 Å². The van der Waals surface area contributed by atoms with Gasteiger partial charge in [0.05, 0.1) is 56.3 Å². The van der Waals surface area contributed by atoms with Crippen molar-refractivity contribution in [1.82, 2.24) is 10.2 Å². The Morgan fingerprint density at radius 2 is 1.51 bits per heavy atom. The molecule has 2 amide bonds. The maximum Gasteiger partial charge on any atom is 0.251 e. The van der Waals surface area contributed by atoms with Gasteiger partial charge >= 0.3 is 0 Å². The molecule has 12 heteroatoms. The third-order valence-electron chi connectivity index (χ3n) is 10.8. The van der Waals surface area contributed by atoms with Crippen molar-refractivity contribution in [2.75, 3.05) is 52.8 Å². The Balaban J connectivity index is 0.922. The monoisotopic (exact) mass is 724 g/mol. The third kappa shape index (κ3) is 9.34. The smallest absolute Gasteiger partial charge is 0.251 e. The molecule has 3 fully saturated rings. The fourth-order valence-corrected chi connectivity index (χ4v) is 8.81. The molecular weight excluding hydrogens is 672 g/mol. The molecule has 3 N–H and O–H groups in total. The summed E-state index contributed by atoms with van der Waals surface area (Å²) in [5.41, 5.74) is 5.92. The number of fused-ring (bicyclic) bond motifs is 1. The zero-order valence-corrected chi connectivity index (χ0v) is 31.1. The second kappa shape index (κ2) is 17.4. The Morgan fingerprint density at radius 3 is 2.14 bits per heavy atom. The first-order chi connectivity index (χ1) is 24.4. The van der Waals surface area contributed by atoms with Gasteiger partial charge in [-0.3, -0.25) is 14.5 Å². The van der Waals surface area contributed by atoms with Gasteiger partial charge in [-0.25, -0.2) is 0 Å². The van der Waals surface area contributed by atoms with Gasteiger partial charge in [0, 0.05) is 41.1 Å². The molecule has 11 nitrogen and oxygen atoms in total. The molecule has 1 unspecified atom stereocenters. The number of nitrogens with one attached hydrogen (secondary N) is 1. The summed E-state index contributed by atoms with van der Waals surface area (Å²) in [6.07, 6.45) is 5.51. The fourth-order valence-electron chi connectivity index (χ4n) is 8.60. The minimum Gasteiger partial charge on any atom is -0.491 e. The molecule has 5 rings (SSSR count). The minimum absolute atomic E-state index is 0.136. The lowest BCUT2D eigenvalue weighted by Gasteiger charge is -2.63. The number of hydrogen-bond acceptors (Lipinski definition) is 9. The average molecular weight is 725 g/mol. The molecule has 2 saturated carbocycles. The largest absolute Gasteiger partial charge is 0.491 e. The Labute approximate surface area is 307 Å². The van der Waals surface area contributed by atoms with Crippen molar-refractivity contribution in [2.24, 2.45) is 22.5 Å². The molecule has 2 aromatic rings. The van der Waals surface area contributed by atoms with Gasteiger partial charge in [-0.1, -0.05) is 52.1 Å². The van der Waals surface area contributed by atoms with Crippen molar-refractivity contribution in [3.05, 3.63) is 58.6 Å². The highest BCUT2D eigenvalue weighted by Crippen LogP contribution is 2.55. The molecule has 2 aromatic carbocycles. The lowest BCUT2D eigenvalue weighted by atomic mass is 9.49. The first-order valence-corrected chi connectivity index (χ1v) is 18.5. The van der Waals surface area contributed by atoms with E-state index in [9.17, 15) is 9.59 Å². The molecule has 0 spiro atoms. The number of likely N-dealkylation sites (tertiary alicyclic amines) is 1. The fraction of sp³-hybridized carbons (Fsp3) is 0.615. The number of carbonyl (C=O) groups excluding carboxylic acids is 2. The summed E-state index contributed by atoms with van der Waals surface area (Å²) in [4.78, 5) is 27.5. The van der Waals surface area contributed by atoms with Crippen LogP contribution < -0.4 is 20.5 Å². The van der Waals surface area contributed by atoms with Crippen LogP contribution in [0, 0.1) is 28.1 Å². The number of nitrogens with two attached hydrogens (primary N) is 1. The van der Waals surface area contributed by atoms with E-state index in [1.54, 1.807) is 42.5 Å². The predicted octanol–water partition coefficient (Wildman–Crippen LogP) is 5.37. The van der Waals surface area contributed by atoms with Crippen LogP contribution in [0.15, 0.2) is 42.5 Å². The predicted molar refractivity (Wildman–Crippen MR) is 194 cm³/mol. The maximum atomic E-state index is 13.2. The molecule has 278 valence electrons. The summed E-state index contributed by atoms with van der Waals surface area (Å²) in [5.74, 6) is 1.45. The van der Waals surface area contributed by atoms with E-state index in [1.165, 1.54) is 19.3 Å². The number of nitriles is 1. The third-order valence-corrected chi connectivity index (χ3v) is 11.1. The second-order valence-electron chi connectivity index (χ2n) is 15.0. The molecule has 51 heavy (non-hydrogen) atoms. The molecule has 0 bridgehead atoms. The SMILES string of the molecule is CC1(C)C(NC(=O)c2ccc(OCCOCCOCCOCCN3C(C(N)=O)C[C@@H]4CCCC[C@@H]43)cc2)C(C)(C)C1Oc1ccc(C#N)c(Cl)c1. The van der Waals surface area contributed by atoms with E-state index in [2.05, 4.69) is 44.0 Å². The Kier molecular flexibility index (Phi) is 13.3. The number of benzene rings is 2. The van der Waals surface area contributed by atoms with Gasteiger partial charge < -0.3 is 34.7 Å². The topological polar surface area (TPSA) is 145 Å². The summed E-state index contributed by atoms with van der Waals surface area (Å²) in [6, 6.07) is 14.3. The summed E-state index contributed by atoms with van der Waals surface area (Å²) in [5, 5.41) is 12.7. The first kappa shape index (κ1) is 38.8. The minimum atomic E-state index is -0.355. The zero-order chi connectivity index (χ0) is 36.6. The van der Waals surface area contributed by atoms with Crippen molar-refractivity contribution >= 4 is 23.4 Å². The van der Waals surface area contributed by atoms with E-state index in [-0.39, 0.29) is 40.8 Å². The van der Waals surface area contributed by atoms with E-state index >= 15 is 0 Å². The van der Waals surface area contributed by atoms with Gasteiger partial charge in [0.2, 0.25) is 5.91 Å². The molecule has 2 aliphatic carbocycles. The van der Waals surface area contributed by atoms with E-state index in [4.69, 9.17) is 46.3 Å². The standard InChI is InChI=1S/C39H53ClN4O7/c1-38(2)36(39(3,4)37(38)51-30-14-11-28(25-41)31(40)24-30)43-35(46)26-9-12-29(13-10-26)50-22-21-49-20-19-48-18-17-47-16-15-44-32-8-6-5-7-27(32)23-33(44)34(42)45/h9-14,24,27,32-33,36-37H,5-8,15-23H2,1-4H3,(H2,42,45)(H,43,46)/t27-,32-,33?,36?,37?/m0/s1. The van der Waals surface area contributed by atoms with Crippen LogP contribution in [0.4, 0.5) is 0 Å². The highest BCUT2D eigenvalue weighted by atomic mass is 35.5. The second-order valence-corrected chi connectivity index (χ2v) is 15.4. The molecule has 0 aromatic heterocycles. The highest BCUT2D eigenvalue weighted by molar-refractivity contribution is 6.31. The summed E-state index contributed by atoms with van der Waals surface area (Å²) in [7, 11) is 0. The van der Waals surface area contributed by atoms with Gasteiger partial charge in [-0.05, 0) is 61.6 Å². The molecule has 3 aliphatic rings. The lowest BCUT2D eigenvalue weighted by Crippen LogP contribution is -2.74. The number of amides is 2. The van der Waals surface area contributed by atoms with Crippen LogP contribution in [0.25, 0.3) is 0 Å². The maximum absolute atomic E-state index is 13.2. The number of halogens is 1. The van der Waals surface area contributed by atoms with Gasteiger partial charge in [0.1, 0.15) is 30.3 Å². The highest BCUT2D eigenvalue weighted by Gasteiger charge is 2.64. The number of nitrogens with zero attached hydrogens (tertiary/aromatic N) is 2. The van der Waals surface area contributed by atoms with Crippen LogP contribution >= 0.6 is 11.6 Å². The Bertz CT molecular complexity index is 1510. The van der Waals surface area contributed by atoms with Crippen LogP contribution in [-0.2, 0) is 19.0 Å². The molecule has 0 radical (unpaired) electrons. The van der Waals surface area contributed by atoms with Crippen LogP contribution in [0.3, 0.4) is 0 Å². The van der Waals surface area contributed by atoms with Crippen LogP contribution in [0.1, 0.15) is 75.7 Å². The summed E-state index contributed by atoms with van der Waals surface area (Å²) in [6.45, 7) is 12.2. The quantitative estimate of drug-likeness (QED) is 0.194. The van der Waals surface area contributed by atoms with Crippen molar-refractivity contribution in [3.8, 4) is 17.6 Å². The molecule has 1 saturated heterocycles. The lowest BCUT2D eigenvalue weighted by molar-refractivity contribution is -0.164. The van der Waals surface area contributed by atoms with E-state index in [0.717, 1.165) is 19.4 Å². The van der Waals surface area contributed by atoms with Crippen molar-refractivity contribution in [2.45, 2.75) is 84.0 Å². The zero-order valence-electron chi connectivity index (χ0n) is 30.3. The molecule has 1 heterocycles. The summed E-state index contributed by atoms with van der Waals surface area (Å²) >= 11 is 6.21. The van der Waals surface area contributed by atoms with Crippen molar-refractivity contribution in [1.29, 1.82) is 5.26 Å². The van der Waals surface area contributed by atoms with Crippen LogP contribution in [0.2, 0.25) is 5.02 Å².